The van der Waals surface area contributed by atoms with Crippen molar-refractivity contribution in [3.05, 3.63) is 0 Å². The normalized spacial score (nSPS) is 33.0. The number of aliphatic hydroxyl groups is 10. The van der Waals surface area contributed by atoms with Crippen molar-refractivity contribution >= 4 is 6.41 Å². The minimum Gasteiger partial charge on any atom is -0.397 e. The van der Waals surface area contributed by atoms with Crippen molar-refractivity contribution in [2.75, 3.05) is 40.3 Å². The molecule has 0 aromatic rings. The third kappa shape index (κ3) is 13.6. The zero-order valence-electron chi connectivity index (χ0n) is 23.9. The lowest BCUT2D eigenvalue weighted by molar-refractivity contribution is -0.380. The maximum absolute atomic E-state index is 10.8. The summed E-state index contributed by atoms with van der Waals surface area (Å²) in [4.78, 5) is 13.1. The van der Waals surface area contributed by atoms with Crippen molar-refractivity contribution < 1.29 is 93.9 Å². The average molecular weight is 653 g/mol. The highest BCUT2D eigenvalue weighted by molar-refractivity contribution is 5.43. The molecule has 0 aromatic heterocycles. The SMILES string of the molecule is C#CONC=O.CCO.COCOC1OC(CO)C(O)C(OC2OC(CO)C(O)C(OC(OC(N)CO)C(O)O)C2O)C1O. The number of carbonyl (C=O) groups excluding carboxylic acids is 1. The Morgan fingerprint density at radius 1 is 0.955 bits per heavy atom. The molecule has 12 unspecified atom stereocenters. The smallest absolute Gasteiger partial charge is 0.240 e. The number of hydroxylamine groups is 1. The predicted octanol–water partition coefficient (Wildman–Crippen LogP) is -7.56. The number of aliphatic hydroxyl groups excluding tert-OH is 9. The van der Waals surface area contributed by atoms with E-state index in [-0.39, 0.29) is 13.4 Å². The first-order chi connectivity index (χ1) is 20.9. The molecule has 44 heavy (non-hydrogen) atoms. The topological polar surface area (TPSA) is 331 Å². The number of carbonyl (C=O) groups is 1. The lowest BCUT2D eigenvalue weighted by Crippen LogP contribution is -2.65. The van der Waals surface area contributed by atoms with Crippen LogP contribution in [0.1, 0.15) is 6.92 Å². The summed E-state index contributed by atoms with van der Waals surface area (Å²) in [5.41, 5.74) is 7.18. The molecule has 0 aromatic carbocycles. The molecule has 12 atom stereocenters. The van der Waals surface area contributed by atoms with Gasteiger partial charge in [-0.15, -0.1) is 0 Å². The van der Waals surface area contributed by atoms with Gasteiger partial charge in [0.2, 0.25) is 19.0 Å². The van der Waals surface area contributed by atoms with Crippen LogP contribution in [0, 0.1) is 12.5 Å². The van der Waals surface area contributed by atoms with Crippen LogP contribution in [-0.4, -0.2) is 178 Å². The number of hydrogen-bond donors (Lipinski definition) is 12. The van der Waals surface area contributed by atoms with Gasteiger partial charge in [0.25, 0.3) is 0 Å². The summed E-state index contributed by atoms with van der Waals surface area (Å²) in [5.74, 6) is 0. The molecule has 0 radical (unpaired) electrons. The molecule has 1 amide bonds. The van der Waals surface area contributed by atoms with Crippen LogP contribution in [0.2, 0.25) is 0 Å². The second-order valence-electron chi connectivity index (χ2n) is 8.60. The third-order valence-electron chi connectivity index (χ3n) is 5.47. The fourth-order valence-corrected chi connectivity index (χ4v) is 3.57. The zero-order chi connectivity index (χ0) is 33.8. The van der Waals surface area contributed by atoms with Crippen LogP contribution in [-0.2, 0) is 42.8 Å². The average Bonchev–Trinajstić information content (AvgIpc) is 3.00. The van der Waals surface area contributed by atoms with Crippen LogP contribution in [0.15, 0.2) is 0 Å². The fraction of sp³-hybridized carbons (Fsp3) is 0.870. The lowest BCUT2D eigenvalue weighted by Gasteiger charge is -2.47. The summed E-state index contributed by atoms with van der Waals surface area (Å²) in [6, 6.07) is 0. The van der Waals surface area contributed by atoms with E-state index in [2.05, 4.69) is 11.3 Å². The van der Waals surface area contributed by atoms with Gasteiger partial charge >= 0.3 is 0 Å². The number of hydrogen-bond acceptors (Lipinski definition) is 20. The van der Waals surface area contributed by atoms with Gasteiger partial charge in [-0.25, -0.2) is 0 Å². The van der Waals surface area contributed by atoms with E-state index in [4.69, 9.17) is 49.1 Å². The van der Waals surface area contributed by atoms with E-state index in [0.717, 1.165) is 0 Å². The fourth-order valence-electron chi connectivity index (χ4n) is 3.57. The Hall–Kier alpha value is -1.89. The number of ether oxygens (including phenoxy) is 7. The molecule has 2 saturated heterocycles. The molecular weight excluding hydrogens is 608 g/mol. The summed E-state index contributed by atoms with van der Waals surface area (Å²) in [5, 5.41) is 97.0. The van der Waals surface area contributed by atoms with Crippen molar-refractivity contribution in [3.8, 4) is 12.5 Å². The molecule has 2 aliphatic rings. The highest BCUT2D eigenvalue weighted by Crippen LogP contribution is 2.31. The van der Waals surface area contributed by atoms with Crippen molar-refractivity contribution in [1.29, 1.82) is 0 Å². The van der Waals surface area contributed by atoms with Gasteiger partial charge in [-0.05, 0) is 6.92 Å². The van der Waals surface area contributed by atoms with E-state index in [1.54, 1.807) is 18.5 Å². The molecule has 2 fully saturated rings. The Balaban J connectivity index is 0.00000180. The molecule has 2 rings (SSSR count). The molecule has 0 aliphatic carbocycles. The molecule has 21 nitrogen and oxygen atoms in total. The molecule has 0 spiro atoms. The van der Waals surface area contributed by atoms with Crippen molar-refractivity contribution in [3.63, 3.8) is 0 Å². The zero-order valence-corrected chi connectivity index (χ0v) is 23.9. The van der Waals surface area contributed by atoms with Crippen LogP contribution in [0.25, 0.3) is 0 Å². The van der Waals surface area contributed by atoms with E-state index in [0.29, 0.717) is 6.41 Å². The molecule has 0 saturated carbocycles. The number of methoxy groups -OCH3 is 1. The number of rotatable bonds is 15. The van der Waals surface area contributed by atoms with Gasteiger partial charge in [0.15, 0.2) is 12.6 Å². The van der Waals surface area contributed by atoms with Gasteiger partial charge in [-0.1, -0.05) is 6.42 Å². The second kappa shape index (κ2) is 23.4. The minimum atomic E-state index is -2.33. The van der Waals surface area contributed by atoms with Gasteiger partial charge in [0.05, 0.1) is 19.8 Å². The van der Waals surface area contributed by atoms with Crippen molar-refractivity contribution in [2.24, 2.45) is 5.73 Å². The van der Waals surface area contributed by atoms with Gasteiger partial charge < -0.3 is 94.8 Å². The first-order valence-corrected chi connectivity index (χ1v) is 12.9. The minimum absolute atomic E-state index is 0.250. The van der Waals surface area contributed by atoms with Crippen LogP contribution in [0.5, 0.6) is 0 Å². The van der Waals surface area contributed by atoms with Crippen LogP contribution >= 0.6 is 0 Å². The molecule has 260 valence electrons. The molecule has 13 N–H and O–H groups in total. The van der Waals surface area contributed by atoms with E-state index < -0.39 is 100 Å². The van der Waals surface area contributed by atoms with E-state index in [9.17, 15) is 45.6 Å². The molecule has 0 bridgehead atoms. The van der Waals surface area contributed by atoms with E-state index in [1.807, 2.05) is 0 Å². The maximum Gasteiger partial charge on any atom is 0.240 e. The predicted molar refractivity (Wildman–Crippen MR) is 138 cm³/mol. The Labute approximate surface area is 252 Å². The third-order valence-corrected chi connectivity index (χ3v) is 5.47. The van der Waals surface area contributed by atoms with Gasteiger partial charge in [0, 0.05) is 13.7 Å². The number of amides is 1. The Morgan fingerprint density at radius 3 is 1.91 bits per heavy atom. The highest BCUT2D eigenvalue weighted by Gasteiger charge is 2.52. The largest absolute Gasteiger partial charge is 0.397 e. The summed E-state index contributed by atoms with van der Waals surface area (Å²) in [6.45, 7) is -0.624. The van der Waals surface area contributed by atoms with Crippen LogP contribution < -0.4 is 11.2 Å². The van der Waals surface area contributed by atoms with Gasteiger partial charge in [0.1, 0.15) is 68.0 Å². The number of nitrogens with one attached hydrogen (secondary N) is 1. The van der Waals surface area contributed by atoms with Gasteiger partial charge in [-0.3, -0.25) is 4.79 Å². The summed E-state index contributed by atoms with van der Waals surface area (Å²) in [7, 11) is 1.31. The standard InChI is InChI=1S/C18H35NO16.C3H3NO2.C2H6O/c1-29-5-30-16-11(25)13(9(23)6(2-20)31-16)34-17-12(26)14(10(24)7(3-21)32-17)35-18(15(27)28)33-8(19)4-22;1-2-6-4-3-5;1-2-3/h6-18,20-28H,2-5,19H2,1H3;1,3H,(H,4,5);3H,2H2,1H3. The Kier molecular flexibility index (Phi) is 22.4. The van der Waals surface area contributed by atoms with Crippen LogP contribution in [0.3, 0.4) is 0 Å². The Morgan fingerprint density at radius 2 is 1.48 bits per heavy atom. The van der Waals surface area contributed by atoms with Crippen molar-refractivity contribution in [1.82, 2.24) is 5.48 Å². The number of nitrogens with two attached hydrogens (primary N) is 1. The van der Waals surface area contributed by atoms with Crippen LogP contribution in [0.4, 0.5) is 0 Å². The Bertz CT molecular complexity index is 778. The molecule has 2 heterocycles. The van der Waals surface area contributed by atoms with Gasteiger partial charge in [-0.2, -0.15) is 5.48 Å². The first kappa shape index (κ1) is 42.1. The van der Waals surface area contributed by atoms with E-state index >= 15 is 0 Å². The quantitative estimate of drug-likeness (QED) is 0.0257. The lowest BCUT2D eigenvalue weighted by atomic mass is 9.96. The summed E-state index contributed by atoms with van der Waals surface area (Å²) >= 11 is 0. The number of terminal acetylenes is 1. The first-order valence-electron chi connectivity index (χ1n) is 12.9. The second-order valence-corrected chi connectivity index (χ2v) is 8.60. The highest BCUT2D eigenvalue weighted by atomic mass is 16.8. The van der Waals surface area contributed by atoms with E-state index in [1.165, 1.54) is 7.11 Å². The van der Waals surface area contributed by atoms with Crippen molar-refractivity contribution in [2.45, 2.75) is 87.1 Å². The molecule has 21 heteroatoms. The maximum atomic E-state index is 10.8. The summed E-state index contributed by atoms with van der Waals surface area (Å²) < 4.78 is 36.3. The molecular formula is C23H44N2O19. The molecule has 2 aliphatic heterocycles. The monoisotopic (exact) mass is 652 g/mol. The summed E-state index contributed by atoms with van der Waals surface area (Å²) in [6.07, 6.45) is -15.4.